The summed E-state index contributed by atoms with van der Waals surface area (Å²) in [6.07, 6.45) is 5.30. The van der Waals surface area contributed by atoms with Crippen LogP contribution < -0.4 is 5.32 Å². The molecule has 0 aromatic rings. The Morgan fingerprint density at radius 2 is 2.20 bits per heavy atom. The Morgan fingerprint density at radius 3 is 2.75 bits per heavy atom. The summed E-state index contributed by atoms with van der Waals surface area (Å²) in [5.41, 5.74) is -0.299. The fourth-order valence-corrected chi connectivity index (χ4v) is 4.45. The average Bonchev–Trinajstić information content (AvgIpc) is 3.04. The van der Waals surface area contributed by atoms with E-state index in [4.69, 9.17) is 0 Å². The smallest absolute Gasteiger partial charge is 0.308 e. The summed E-state index contributed by atoms with van der Waals surface area (Å²) in [6, 6.07) is 0.106. The van der Waals surface area contributed by atoms with E-state index in [9.17, 15) is 14.7 Å². The maximum absolute atomic E-state index is 13.1. The van der Waals surface area contributed by atoms with Gasteiger partial charge >= 0.3 is 5.97 Å². The topological polar surface area (TPSA) is 69.6 Å². The van der Waals surface area contributed by atoms with E-state index < -0.39 is 5.97 Å². The largest absolute Gasteiger partial charge is 0.481 e. The summed E-state index contributed by atoms with van der Waals surface area (Å²) in [5.74, 6) is -0.867. The number of rotatable bonds is 3. The molecule has 0 saturated carbocycles. The molecule has 0 spiro atoms. The van der Waals surface area contributed by atoms with Gasteiger partial charge in [-0.2, -0.15) is 0 Å². The second-order valence-corrected chi connectivity index (χ2v) is 6.61. The molecular weight excluding hydrogens is 256 g/mol. The molecule has 0 radical (unpaired) electrons. The number of hydrogen-bond donors (Lipinski definition) is 2. The van der Waals surface area contributed by atoms with E-state index in [1.807, 2.05) is 4.90 Å². The molecule has 2 N–H and O–H groups in total. The van der Waals surface area contributed by atoms with Crippen LogP contribution >= 0.6 is 0 Å². The maximum Gasteiger partial charge on any atom is 0.308 e. The molecule has 2 bridgehead atoms. The summed E-state index contributed by atoms with van der Waals surface area (Å²) in [7, 11) is 0. The maximum atomic E-state index is 13.1. The summed E-state index contributed by atoms with van der Waals surface area (Å²) in [4.78, 5) is 26.4. The predicted molar refractivity (Wildman–Crippen MR) is 74.2 cm³/mol. The zero-order valence-corrected chi connectivity index (χ0v) is 12.1. The summed E-state index contributed by atoms with van der Waals surface area (Å²) in [5, 5.41) is 12.7. The highest BCUT2D eigenvalue weighted by atomic mass is 16.4. The van der Waals surface area contributed by atoms with Gasteiger partial charge in [-0.05, 0) is 45.1 Å². The van der Waals surface area contributed by atoms with Gasteiger partial charge in [0.15, 0.2) is 0 Å². The molecule has 3 rings (SSSR count). The van der Waals surface area contributed by atoms with Crippen molar-refractivity contribution in [2.45, 2.75) is 57.5 Å². The third kappa shape index (κ3) is 1.94. The van der Waals surface area contributed by atoms with Crippen molar-refractivity contribution in [3.8, 4) is 0 Å². The van der Waals surface area contributed by atoms with Crippen LogP contribution in [-0.2, 0) is 9.59 Å². The van der Waals surface area contributed by atoms with Gasteiger partial charge in [-0.15, -0.1) is 0 Å². The van der Waals surface area contributed by atoms with E-state index in [0.717, 1.165) is 45.2 Å². The molecule has 3 saturated heterocycles. The Labute approximate surface area is 119 Å². The van der Waals surface area contributed by atoms with Gasteiger partial charge < -0.3 is 15.3 Å². The molecular formula is C15H24N2O3. The van der Waals surface area contributed by atoms with Crippen LogP contribution in [0.2, 0.25) is 0 Å². The SMILES string of the molecule is CCC1(C(=O)N2C3CCC2C(C(=O)O)C3)CCCNC1. The third-order valence-electron chi connectivity index (χ3n) is 5.69. The van der Waals surface area contributed by atoms with Crippen LogP contribution in [0.3, 0.4) is 0 Å². The number of fused-ring (bicyclic) bond motifs is 2. The second kappa shape index (κ2) is 5.02. The molecule has 3 heterocycles. The van der Waals surface area contributed by atoms with Crippen molar-refractivity contribution in [3.63, 3.8) is 0 Å². The summed E-state index contributed by atoms with van der Waals surface area (Å²) >= 11 is 0. The Bertz CT molecular complexity index is 417. The highest BCUT2D eigenvalue weighted by Gasteiger charge is 2.55. The molecule has 20 heavy (non-hydrogen) atoms. The van der Waals surface area contributed by atoms with E-state index in [-0.39, 0.29) is 29.3 Å². The molecule has 3 aliphatic heterocycles. The highest BCUT2D eigenvalue weighted by Crippen LogP contribution is 2.45. The van der Waals surface area contributed by atoms with Gasteiger partial charge in [-0.3, -0.25) is 9.59 Å². The number of piperidine rings is 1. The lowest BCUT2D eigenvalue weighted by Gasteiger charge is -2.40. The number of amides is 1. The molecule has 1 amide bonds. The molecule has 0 aromatic heterocycles. The standard InChI is InChI=1S/C15H24N2O3/c1-2-15(6-3-7-16-9-15)14(20)17-10-4-5-12(17)11(8-10)13(18)19/h10-12,16H,2-9H2,1H3,(H,18,19). The fraction of sp³-hybridized carbons (Fsp3) is 0.867. The van der Waals surface area contributed by atoms with Crippen molar-refractivity contribution < 1.29 is 14.7 Å². The van der Waals surface area contributed by atoms with E-state index in [2.05, 4.69) is 12.2 Å². The molecule has 5 heteroatoms. The number of nitrogens with zero attached hydrogens (tertiary/aromatic N) is 1. The van der Waals surface area contributed by atoms with Gasteiger partial charge in [0.05, 0.1) is 11.3 Å². The molecule has 112 valence electrons. The van der Waals surface area contributed by atoms with E-state index >= 15 is 0 Å². The van der Waals surface area contributed by atoms with Crippen LogP contribution in [0.1, 0.15) is 45.4 Å². The van der Waals surface area contributed by atoms with Crippen LogP contribution in [0.25, 0.3) is 0 Å². The third-order valence-corrected chi connectivity index (χ3v) is 5.69. The van der Waals surface area contributed by atoms with Crippen LogP contribution in [0.4, 0.5) is 0 Å². The lowest BCUT2D eigenvalue weighted by Crippen LogP contribution is -2.53. The fourth-order valence-electron chi connectivity index (χ4n) is 4.45. The lowest BCUT2D eigenvalue weighted by atomic mass is 9.77. The molecule has 0 aliphatic carbocycles. The first-order chi connectivity index (χ1) is 9.59. The van der Waals surface area contributed by atoms with Crippen LogP contribution in [0, 0.1) is 11.3 Å². The number of aliphatic carboxylic acids is 1. The second-order valence-electron chi connectivity index (χ2n) is 6.61. The van der Waals surface area contributed by atoms with Gasteiger partial charge in [0.1, 0.15) is 0 Å². The Hall–Kier alpha value is -1.10. The van der Waals surface area contributed by atoms with Crippen LogP contribution in [0.15, 0.2) is 0 Å². The first-order valence-corrected chi connectivity index (χ1v) is 7.85. The Morgan fingerprint density at radius 1 is 1.40 bits per heavy atom. The lowest BCUT2D eigenvalue weighted by molar-refractivity contribution is -0.147. The van der Waals surface area contributed by atoms with E-state index in [1.165, 1.54) is 0 Å². The summed E-state index contributed by atoms with van der Waals surface area (Å²) in [6.45, 7) is 3.81. The van der Waals surface area contributed by atoms with Crippen molar-refractivity contribution in [1.29, 1.82) is 0 Å². The molecule has 4 unspecified atom stereocenters. The number of hydrogen-bond acceptors (Lipinski definition) is 3. The molecule has 0 aromatic carbocycles. The number of nitrogens with one attached hydrogen (secondary N) is 1. The number of carbonyl (C=O) groups excluding carboxylic acids is 1. The monoisotopic (exact) mass is 280 g/mol. The normalized spacial score (nSPS) is 40.0. The van der Waals surface area contributed by atoms with Gasteiger partial charge in [0.2, 0.25) is 5.91 Å². The number of carbonyl (C=O) groups is 2. The average molecular weight is 280 g/mol. The van der Waals surface area contributed by atoms with Crippen molar-refractivity contribution in [2.24, 2.45) is 11.3 Å². The first kappa shape index (κ1) is 13.9. The van der Waals surface area contributed by atoms with Crippen molar-refractivity contribution in [1.82, 2.24) is 10.2 Å². The van der Waals surface area contributed by atoms with Gasteiger partial charge in [-0.1, -0.05) is 6.92 Å². The zero-order valence-electron chi connectivity index (χ0n) is 12.1. The predicted octanol–water partition coefficient (Wildman–Crippen LogP) is 1.23. The van der Waals surface area contributed by atoms with E-state index in [1.54, 1.807) is 0 Å². The number of carboxylic acids is 1. The van der Waals surface area contributed by atoms with Crippen LogP contribution in [-0.4, -0.2) is 47.1 Å². The zero-order chi connectivity index (χ0) is 14.3. The Balaban J connectivity index is 1.82. The van der Waals surface area contributed by atoms with Crippen molar-refractivity contribution >= 4 is 11.9 Å². The molecule has 3 aliphatic rings. The molecule has 3 fully saturated rings. The van der Waals surface area contributed by atoms with Gasteiger partial charge in [0.25, 0.3) is 0 Å². The van der Waals surface area contributed by atoms with E-state index in [0.29, 0.717) is 6.42 Å². The minimum Gasteiger partial charge on any atom is -0.481 e. The minimum absolute atomic E-state index is 0.0599. The van der Waals surface area contributed by atoms with Crippen molar-refractivity contribution in [3.05, 3.63) is 0 Å². The molecule has 4 atom stereocenters. The Kier molecular flexibility index (Phi) is 3.48. The van der Waals surface area contributed by atoms with Crippen LogP contribution in [0.5, 0.6) is 0 Å². The van der Waals surface area contributed by atoms with Crippen molar-refractivity contribution in [2.75, 3.05) is 13.1 Å². The van der Waals surface area contributed by atoms with Gasteiger partial charge in [-0.25, -0.2) is 0 Å². The quantitative estimate of drug-likeness (QED) is 0.816. The minimum atomic E-state index is -0.734. The number of carboxylic acid groups (broad SMARTS) is 1. The first-order valence-electron chi connectivity index (χ1n) is 7.85. The molecule has 5 nitrogen and oxygen atoms in total. The van der Waals surface area contributed by atoms with Gasteiger partial charge in [0, 0.05) is 18.6 Å². The highest BCUT2D eigenvalue weighted by molar-refractivity contribution is 5.86. The summed E-state index contributed by atoms with van der Waals surface area (Å²) < 4.78 is 0.